The minimum atomic E-state index is 0.579. The van der Waals surface area contributed by atoms with Crippen LogP contribution in [0.4, 0.5) is 0 Å². The summed E-state index contributed by atoms with van der Waals surface area (Å²) in [5.74, 6) is 0. The summed E-state index contributed by atoms with van der Waals surface area (Å²) in [4.78, 5) is 0. The zero-order valence-corrected chi connectivity index (χ0v) is 11.2. The summed E-state index contributed by atoms with van der Waals surface area (Å²) in [5, 5.41) is 4.57. The largest absolute Gasteiger partial charge is 0.310 e. The zero-order chi connectivity index (χ0) is 11.1. The molecular formula is C13H20BrN. The molecular weight excluding hydrogens is 250 g/mol. The van der Waals surface area contributed by atoms with E-state index in [0.717, 1.165) is 18.3 Å². The van der Waals surface area contributed by atoms with Gasteiger partial charge in [-0.3, -0.25) is 0 Å². The van der Waals surface area contributed by atoms with E-state index in [-0.39, 0.29) is 0 Å². The SMILES string of the molecule is CCc1ccc(CNC(C)CCBr)cc1. The Morgan fingerprint density at radius 1 is 1.20 bits per heavy atom. The summed E-state index contributed by atoms with van der Waals surface area (Å²) in [6.45, 7) is 5.38. The van der Waals surface area contributed by atoms with E-state index < -0.39 is 0 Å². The minimum absolute atomic E-state index is 0.579. The fourth-order valence-corrected chi connectivity index (χ4v) is 2.14. The van der Waals surface area contributed by atoms with Gasteiger partial charge in [-0.05, 0) is 30.9 Å². The van der Waals surface area contributed by atoms with Gasteiger partial charge in [-0.15, -0.1) is 0 Å². The summed E-state index contributed by atoms with van der Waals surface area (Å²) in [6.07, 6.45) is 2.29. The molecule has 0 saturated heterocycles. The standard InChI is InChI=1S/C13H20BrN/c1-3-12-4-6-13(7-5-12)10-15-11(2)8-9-14/h4-7,11,15H,3,8-10H2,1-2H3. The van der Waals surface area contributed by atoms with E-state index in [0.29, 0.717) is 6.04 Å². The molecule has 15 heavy (non-hydrogen) atoms. The first-order chi connectivity index (χ1) is 7.26. The van der Waals surface area contributed by atoms with Crippen molar-refractivity contribution in [3.63, 3.8) is 0 Å². The third kappa shape index (κ3) is 4.80. The van der Waals surface area contributed by atoms with Crippen LogP contribution in [0.1, 0.15) is 31.4 Å². The maximum Gasteiger partial charge on any atom is 0.0207 e. The molecule has 0 aliphatic carbocycles. The number of alkyl halides is 1. The molecule has 0 aliphatic heterocycles. The van der Waals surface area contributed by atoms with E-state index in [1.54, 1.807) is 0 Å². The molecule has 1 rings (SSSR count). The number of benzene rings is 1. The second-order valence-electron chi connectivity index (χ2n) is 3.93. The van der Waals surface area contributed by atoms with Crippen molar-refractivity contribution in [3.8, 4) is 0 Å². The van der Waals surface area contributed by atoms with Crippen LogP contribution in [-0.4, -0.2) is 11.4 Å². The maximum atomic E-state index is 3.51. The Labute approximate surface area is 101 Å². The Morgan fingerprint density at radius 3 is 2.33 bits per heavy atom. The van der Waals surface area contributed by atoms with Gasteiger partial charge in [-0.25, -0.2) is 0 Å². The van der Waals surface area contributed by atoms with Crippen LogP contribution < -0.4 is 5.32 Å². The summed E-state index contributed by atoms with van der Waals surface area (Å²) in [5.41, 5.74) is 2.78. The van der Waals surface area contributed by atoms with Crippen molar-refractivity contribution in [2.45, 2.75) is 39.3 Å². The van der Waals surface area contributed by atoms with Crippen molar-refractivity contribution in [2.75, 3.05) is 5.33 Å². The molecule has 1 aromatic rings. The minimum Gasteiger partial charge on any atom is -0.310 e. The molecule has 1 aromatic carbocycles. The molecule has 0 aliphatic rings. The zero-order valence-electron chi connectivity index (χ0n) is 9.59. The number of aryl methyl sites for hydroxylation is 1. The van der Waals surface area contributed by atoms with Gasteiger partial charge in [-0.2, -0.15) is 0 Å². The van der Waals surface area contributed by atoms with E-state index in [1.807, 2.05) is 0 Å². The normalized spacial score (nSPS) is 12.7. The van der Waals surface area contributed by atoms with Gasteiger partial charge in [0.2, 0.25) is 0 Å². The van der Waals surface area contributed by atoms with Gasteiger partial charge < -0.3 is 5.32 Å². The molecule has 0 heterocycles. The topological polar surface area (TPSA) is 12.0 Å². The molecule has 1 atom stereocenters. The van der Waals surface area contributed by atoms with Crippen LogP contribution in [0.25, 0.3) is 0 Å². The van der Waals surface area contributed by atoms with Crippen LogP contribution in [0.15, 0.2) is 24.3 Å². The maximum absolute atomic E-state index is 3.51. The highest BCUT2D eigenvalue weighted by Gasteiger charge is 1.99. The van der Waals surface area contributed by atoms with Gasteiger partial charge >= 0.3 is 0 Å². The fraction of sp³-hybridized carbons (Fsp3) is 0.538. The van der Waals surface area contributed by atoms with Gasteiger partial charge in [0.25, 0.3) is 0 Å². The number of rotatable bonds is 6. The average Bonchev–Trinajstić information content (AvgIpc) is 2.27. The van der Waals surface area contributed by atoms with Crippen LogP contribution in [0.3, 0.4) is 0 Å². The quantitative estimate of drug-likeness (QED) is 0.780. The van der Waals surface area contributed by atoms with Gasteiger partial charge in [0.15, 0.2) is 0 Å². The molecule has 1 nitrogen and oxygen atoms in total. The number of hydrogen-bond donors (Lipinski definition) is 1. The van der Waals surface area contributed by atoms with Crippen LogP contribution in [-0.2, 0) is 13.0 Å². The van der Waals surface area contributed by atoms with E-state index in [1.165, 1.54) is 17.5 Å². The van der Waals surface area contributed by atoms with Crippen molar-refractivity contribution in [1.82, 2.24) is 5.32 Å². The Hall–Kier alpha value is -0.340. The molecule has 84 valence electrons. The van der Waals surface area contributed by atoms with Gasteiger partial charge in [0, 0.05) is 17.9 Å². The highest BCUT2D eigenvalue weighted by molar-refractivity contribution is 9.09. The predicted octanol–water partition coefficient (Wildman–Crippen LogP) is 3.51. The second-order valence-corrected chi connectivity index (χ2v) is 4.72. The lowest BCUT2D eigenvalue weighted by atomic mass is 10.1. The van der Waals surface area contributed by atoms with Gasteiger partial charge in [-0.1, -0.05) is 47.1 Å². The van der Waals surface area contributed by atoms with E-state index in [2.05, 4.69) is 59.4 Å². The summed E-state index contributed by atoms with van der Waals surface area (Å²) >= 11 is 3.46. The van der Waals surface area contributed by atoms with Crippen molar-refractivity contribution in [1.29, 1.82) is 0 Å². The van der Waals surface area contributed by atoms with E-state index in [9.17, 15) is 0 Å². The van der Waals surface area contributed by atoms with E-state index >= 15 is 0 Å². The lowest BCUT2D eigenvalue weighted by Crippen LogP contribution is -2.25. The molecule has 0 fully saturated rings. The Kier molecular flexibility index (Phi) is 5.96. The van der Waals surface area contributed by atoms with Crippen LogP contribution in [0, 0.1) is 0 Å². The summed E-state index contributed by atoms with van der Waals surface area (Å²) in [6, 6.07) is 9.44. The van der Waals surface area contributed by atoms with Crippen LogP contribution >= 0.6 is 15.9 Å². The molecule has 2 heteroatoms. The van der Waals surface area contributed by atoms with Crippen molar-refractivity contribution in [2.24, 2.45) is 0 Å². The predicted molar refractivity (Wildman–Crippen MR) is 70.5 cm³/mol. The molecule has 0 bridgehead atoms. The number of hydrogen-bond acceptors (Lipinski definition) is 1. The lowest BCUT2D eigenvalue weighted by molar-refractivity contribution is 0.538. The summed E-state index contributed by atoms with van der Waals surface area (Å²) in [7, 11) is 0. The summed E-state index contributed by atoms with van der Waals surface area (Å²) < 4.78 is 0. The van der Waals surface area contributed by atoms with E-state index in [4.69, 9.17) is 0 Å². The fourth-order valence-electron chi connectivity index (χ4n) is 1.45. The van der Waals surface area contributed by atoms with Crippen LogP contribution in [0.2, 0.25) is 0 Å². The second kappa shape index (κ2) is 7.02. The first-order valence-electron chi connectivity index (χ1n) is 5.63. The Bertz CT molecular complexity index is 268. The third-order valence-electron chi connectivity index (χ3n) is 2.63. The smallest absolute Gasteiger partial charge is 0.0207 e. The molecule has 0 aromatic heterocycles. The average molecular weight is 270 g/mol. The van der Waals surface area contributed by atoms with Crippen molar-refractivity contribution < 1.29 is 0 Å². The molecule has 1 N–H and O–H groups in total. The Balaban J connectivity index is 2.37. The van der Waals surface area contributed by atoms with Crippen LogP contribution in [0.5, 0.6) is 0 Å². The highest BCUT2D eigenvalue weighted by Crippen LogP contribution is 2.05. The monoisotopic (exact) mass is 269 g/mol. The molecule has 0 spiro atoms. The first-order valence-corrected chi connectivity index (χ1v) is 6.75. The number of nitrogens with one attached hydrogen (secondary N) is 1. The Morgan fingerprint density at radius 2 is 1.80 bits per heavy atom. The van der Waals surface area contributed by atoms with Gasteiger partial charge in [0.05, 0.1) is 0 Å². The lowest BCUT2D eigenvalue weighted by Gasteiger charge is -2.12. The van der Waals surface area contributed by atoms with Crippen molar-refractivity contribution >= 4 is 15.9 Å². The molecule has 0 radical (unpaired) electrons. The first kappa shape index (κ1) is 12.7. The van der Waals surface area contributed by atoms with Gasteiger partial charge in [0.1, 0.15) is 0 Å². The highest BCUT2D eigenvalue weighted by atomic mass is 79.9. The molecule has 0 amide bonds. The third-order valence-corrected chi connectivity index (χ3v) is 3.09. The number of halogens is 1. The van der Waals surface area contributed by atoms with Crippen molar-refractivity contribution in [3.05, 3.63) is 35.4 Å². The molecule has 0 saturated carbocycles. The molecule has 1 unspecified atom stereocenters.